The Balaban J connectivity index is 2.24. The molecule has 1 amide bonds. The molecule has 1 aromatic carbocycles. The monoisotopic (exact) mass is 177 g/mol. The van der Waals surface area contributed by atoms with Gasteiger partial charge in [0.25, 0.3) is 5.91 Å². The molecule has 13 heavy (non-hydrogen) atoms. The van der Waals surface area contributed by atoms with Gasteiger partial charge in [0.05, 0.1) is 0 Å². The molecule has 0 fully saturated rings. The van der Waals surface area contributed by atoms with Crippen molar-refractivity contribution in [3.8, 4) is 0 Å². The number of rotatable bonds is 1. The van der Waals surface area contributed by atoms with E-state index in [9.17, 15) is 4.79 Å². The minimum absolute atomic E-state index is 0.0742. The summed E-state index contributed by atoms with van der Waals surface area (Å²) in [6.45, 7) is 0.865. The summed E-state index contributed by atoms with van der Waals surface area (Å²) in [4.78, 5) is 11.0. The van der Waals surface area contributed by atoms with Gasteiger partial charge >= 0.3 is 0 Å². The lowest BCUT2D eigenvalue weighted by Crippen LogP contribution is -2.93. The zero-order chi connectivity index (χ0) is 9.26. The fourth-order valence-corrected chi connectivity index (χ4v) is 1.76. The van der Waals surface area contributed by atoms with Crippen LogP contribution in [0.2, 0.25) is 0 Å². The Morgan fingerprint density at radius 1 is 1.38 bits per heavy atom. The van der Waals surface area contributed by atoms with Crippen molar-refractivity contribution in [3.63, 3.8) is 0 Å². The predicted molar refractivity (Wildman–Crippen MR) is 48.8 cm³/mol. The van der Waals surface area contributed by atoms with E-state index in [0.717, 1.165) is 13.0 Å². The largest absolute Gasteiger partial charge is 0.365 e. The molecule has 3 heteroatoms. The highest BCUT2D eigenvalue weighted by molar-refractivity contribution is 5.78. The van der Waals surface area contributed by atoms with Crippen LogP contribution >= 0.6 is 0 Å². The van der Waals surface area contributed by atoms with Gasteiger partial charge in [-0.3, -0.25) is 4.79 Å². The lowest BCUT2D eigenvalue weighted by molar-refractivity contribution is -0.695. The highest BCUT2D eigenvalue weighted by atomic mass is 16.1. The molecule has 0 saturated carbocycles. The first-order chi connectivity index (χ1) is 6.27. The first kappa shape index (κ1) is 8.26. The maximum Gasteiger partial charge on any atom is 0.276 e. The molecule has 0 aromatic heterocycles. The Morgan fingerprint density at radius 2 is 2.08 bits per heavy atom. The highest BCUT2D eigenvalue weighted by Gasteiger charge is 2.24. The molecule has 0 spiro atoms. The lowest BCUT2D eigenvalue weighted by atomic mass is 9.96. The Hall–Kier alpha value is -1.35. The first-order valence-corrected chi connectivity index (χ1v) is 4.47. The molecule has 4 N–H and O–H groups in total. The van der Waals surface area contributed by atoms with Gasteiger partial charge in [-0.25, -0.2) is 0 Å². The first-order valence-electron chi connectivity index (χ1n) is 4.47. The minimum atomic E-state index is -0.213. The molecule has 0 saturated heterocycles. The third-order valence-electron chi connectivity index (χ3n) is 2.55. The number of amides is 1. The van der Waals surface area contributed by atoms with E-state index < -0.39 is 0 Å². The topological polar surface area (TPSA) is 59.7 Å². The summed E-state index contributed by atoms with van der Waals surface area (Å²) in [5.41, 5.74) is 7.83. The minimum Gasteiger partial charge on any atom is -0.365 e. The van der Waals surface area contributed by atoms with Gasteiger partial charge in [0.2, 0.25) is 0 Å². The molecule has 0 bridgehead atoms. The smallest absolute Gasteiger partial charge is 0.276 e. The van der Waals surface area contributed by atoms with Crippen LogP contribution in [0.5, 0.6) is 0 Å². The van der Waals surface area contributed by atoms with Crippen LogP contribution in [-0.4, -0.2) is 11.9 Å². The third-order valence-corrected chi connectivity index (χ3v) is 2.55. The number of hydrogen-bond donors (Lipinski definition) is 2. The van der Waals surface area contributed by atoms with Gasteiger partial charge in [-0.15, -0.1) is 0 Å². The summed E-state index contributed by atoms with van der Waals surface area (Å²) in [7, 11) is 0. The summed E-state index contributed by atoms with van der Waals surface area (Å²) in [5.74, 6) is -0.213. The van der Waals surface area contributed by atoms with Gasteiger partial charge in [-0.05, 0) is 5.56 Å². The molecule has 0 aliphatic carbocycles. The van der Waals surface area contributed by atoms with Gasteiger partial charge < -0.3 is 11.1 Å². The molecule has 1 aliphatic rings. The number of fused-ring (bicyclic) bond motifs is 1. The van der Waals surface area contributed by atoms with E-state index >= 15 is 0 Å². The van der Waals surface area contributed by atoms with E-state index in [4.69, 9.17) is 5.73 Å². The molecule has 1 heterocycles. The van der Waals surface area contributed by atoms with E-state index in [1.807, 2.05) is 17.4 Å². The maximum atomic E-state index is 11.0. The Labute approximate surface area is 76.9 Å². The summed E-state index contributed by atoms with van der Waals surface area (Å²) >= 11 is 0. The standard InChI is InChI=1S/C10H12N2O/c11-10(13)9-5-7-3-1-2-4-8(7)6-12-9/h1-4,9,12H,5-6H2,(H2,11,13)/p+1/t9-/m0/s1. The number of benzene rings is 1. The summed E-state index contributed by atoms with van der Waals surface area (Å²) < 4.78 is 0. The third kappa shape index (κ3) is 1.55. The summed E-state index contributed by atoms with van der Waals surface area (Å²) in [6.07, 6.45) is 0.769. The normalized spacial score (nSPS) is 20.8. The second-order valence-corrected chi connectivity index (χ2v) is 3.42. The van der Waals surface area contributed by atoms with Crippen molar-refractivity contribution in [2.45, 2.75) is 19.0 Å². The van der Waals surface area contributed by atoms with E-state index in [0.29, 0.717) is 0 Å². The molecule has 1 atom stereocenters. The van der Waals surface area contributed by atoms with Crippen molar-refractivity contribution in [3.05, 3.63) is 35.4 Å². The number of carbonyl (C=O) groups is 1. The second-order valence-electron chi connectivity index (χ2n) is 3.42. The van der Waals surface area contributed by atoms with E-state index in [1.54, 1.807) is 0 Å². The molecule has 0 radical (unpaired) electrons. The van der Waals surface area contributed by atoms with Crippen molar-refractivity contribution in [2.75, 3.05) is 0 Å². The fraction of sp³-hybridized carbons (Fsp3) is 0.300. The van der Waals surface area contributed by atoms with Crippen molar-refractivity contribution in [1.29, 1.82) is 0 Å². The molecule has 0 unspecified atom stereocenters. The number of quaternary nitrogens is 1. The van der Waals surface area contributed by atoms with Crippen LogP contribution < -0.4 is 11.1 Å². The van der Waals surface area contributed by atoms with Gasteiger partial charge in [0.1, 0.15) is 6.54 Å². The van der Waals surface area contributed by atoms with Crippen LogP contribution in [0.3, 0.4) is 0 Å². The molecular weight excluding hydrogens is 164 g/mol. The molecule has 3 nitrogen and oxygen atoms in total. The van der Waals surface area contributed by atoms with Crippen molar-refractivity contribution >= 4 is 5.91 Å². The van der Waals surface area contributed by atoms with Crippen molar-refractivity contribution < 1.29 is 10.1 Å². The van der Waals surface area contributed by atoms with Crippen molar-refractivity contribution in [1.82, 2.24) is 0 Å². The number of carbonyl (C=O) groups excluding carboxylic acids is 1. The van der Waals surface area contributed by atoms with Crippen molar-refractivity contribution in [2.24, 2.45) is 5.73 Å². The summed E-state index contributed by atoms with van der Waals surface area (Å²) in [5, 5.41) is 2.00. The number of primary amides is 1. The molecular formula is C10H13N2O+. The SMILES string of the molecule is NC(=O)[C@@H]1Cc2ccccc2C[NH2+]1. The molecule has 1 aliphatic heterocycles. The highest BCUT2D eigenvalue weighted by Crippen LogP contribution is 2.11. The van der Waals surface area contributed by atoms with Crippen LogP contribution in [0, 0.1) is 0 Å². The average Bonchev–Trinajstić information content (AvgIpc) is 2.17. The van der Waals surface area contributed by atoms with Crippen LogP contribution in [0.4, 0.5) is 0 Å². The van der Waals surface area contributed by atoms with Gasteiger partial charge in [-0.2, -0.15) is 0 Å². The summed E-state index contributed by atoms with van der Waals surface area (Å²) in [6, 6.07) is 8.12. The zero-order valence-corrected chi connectivity index (χ0v) is 7.36. The average molecular weight is 177 g/mol. The van der Waals surface area contributed by atoms with Gasteiger partial charge in [-0.1, -0.05) is 24.3 Å². The second kappa shape index (κ2) is 3.18. The molecule has 2 rings (SSSR count). The van der Waals surface area contributed by atoms with E-state index in [1.165, 1.54) is 11.1 Å². The Morgan fingerprint density at radius 3 is 2.77 bits per heavy atom. The molecule has 1 aromatic rings. The zero-order valence-electron chi connectivity index (χ0n) is 7.36. The molecule has 68 valence electrons. The van der Waals surface area contributed by atoms with Crippen LogP contribution in [0.15, 0.2) is 24.3 Å². The fourth-order valence-electron chi connectivity index (χ4n) is 1.76. The number of nitrogens with two attached hydrogens (primary N) is 2. The Bertz CT molecular complexity index is 335. The Kier molecular flexibility index (Phi) is 2.02. The van der Waals surface area contributed by atoms with E-state index in [2.05, 4.69) is 12.1 Å². The van der Waals surface area contributed by atoms with Gasteiger partial charge in [0, 0.05) is 12.0 Å². The quantitative estimate of drug-likeness (QED) is 0.577. The predicted octanol–water partition coefficient (Wildman–Crippen LogP) is -0.840. The van der Waals surface area contributed by atoms with E-state index in [-0.39, 0.29) is 11.9 Å². The maximum absolute atomic E-state index is 11.0. The van der Waals surface area contributed by atoms with Crippen LogP contribution in [0.1, 0.15) is 11.1 Å². The van der Waals surface area contributed by atoms with Crippen LogP contribution in [-0.2, 0) is 17.8 Å². The van der Waals surface area contributed by atoms with Gasteiger partial charge in [0.15, 0.2) is 6.04 Å². The lowest BCUT2D eigenvalue weighted by Gasteiger charge is -2.20. The number of hydrogen-bond acceptors (Lipinski definition) is 1. The van der Waals surface area contributed by atoms with Crippen LogP contribution in [0.25, 0.3) is 0 Å².